The van der Waals surface area contributed by atoms with E-state index in [0.29, 0.717) is 5.92 Å². The van der Waals surface area contributed by atoms with Gasteiger partial charge < -0.3 is 15.0 Å². The quantitative estimate of drug-likeness (QED) is 0.800. The summed E-state index contributed by atoms with van der Waals surface area (Å²) in [4.78, 5) is 14.3. The van der Waals surface area contributed by atoms with Gasteiger partial charge >= 0.3 is 0 Å². The molecule has 2 aliphatic rings. The summed E-state index contributed by atoms with van der Waals surface area (Å²) >= 11 is 0. The molecule has 0 aromatic rings. The fourth-order valence-corrected chi connectivity index (χ4v) is 2.90. The predicted octanol–water partition coefficient (Wildman–Crippen LogP) is 1.01. The van der Waals surface area contributed by atoms with E-state index >= 15 is 0 Å². The van der Waals surface area contributed by atoms with Crippen molar-refractivity contribution in [1.29, 1.82) is 0 Å². The average molecular weight is 240 g/mol. The molecule has 17 heavy (non-hydrogen) atoms. The first-order valence-corrected chi connectivity index (χ1v) is 6.79. The second kappa shape index (κ2) is 5.83. The van der Waals surface area contributed by atoms with Crippen molar-refractivity contribution < 1.29 is 9.53 Å². The standard InChI is InChI=1S/C13H24N2O2/c1-3-10-4-6-14-12(8-10)13(16)15-7-5-11(9-15)17-2/h10-12,14H,3-9H2,1-2H3. The number of hydrogen-bond donors (Lipinski definition) is 1. The Morgan fingerprint density at radius 1 is 1.47 bits per heavy atom. The number of likely N-dealkylation sites (tertiary alicyclic amines) is 1. The molecular formula is C13H24N2O2. The summed E-state index contributed by atoms with van der Waals surface area (Å²) in [6.45, 7) is 4.82. The molecule has 0 radical (unpaired) electrons. The van der Waals surface area contributed by atoms with Gasteiger partial charge in [-0.25, -0.2) is 0 Å². The molecule has 0 saturated carbocycles. The van der Waals surface area contributed by atoms with Crippen LogP contribution in [0.25, 0.3) is 0 Å². The van der Waals surface area contributed by atoms with Gasteiger partial charge in [-0.1, -0.05) is 13.3 Å². The van der Waals surface area contributed by atoms with E-state index in [1.807, 2.05) is 4.90 Å². The van der Waals surface area contributed by atoms with Crippen molar-refractivity contribution in [3.05, 3.63) is 0 Å². The van der Waals surface area contributed by atoms with E-state index in [1.165, 1.54) is 12.8 Å². The number of methoxy groups -OCH3 is 1. The molecule has 0 aromatic carbocycles. The Kier molecular flexibility index (Phi) is 4.40. The van der Waals surface area contributed by atoms with Crippen LogP contribution in [0.1, 0.15) is 32.6 Å². The van der Waals surface area contributed by atoms with E-state index in [4.69, 9.17) is 4.74 Å². The van der Waals surface area contributed by atoms with Crippen LogP contribution in [0.2, 0.25) is 0 Å². The molecule has 3 unspecified atom stereocenters. The van der Waals surface area contributed by atoms with Crippen molar-refractivity contribution in [2.24, 2.45) is 5.92 Å². The highest BCUT2D eigenvalue weighted by Gasteiger charge is 2.33. The number of amides is 1. The summed E-state index contributed by atoms with van der Waals surface area (Å²) in [5.41, 5.74) is 0. The van der Waals surface area contributed by atoms with Crippen LogP contribution in [0.5, 0.6) is 0 Å². The highest BCUT2D eigenvalue weighted by atomic mass is 16.5. The molecule has 1 amide bonds. The summed E-state index contributed by atoms with van der Waals surface area (Å²) in [5.74, 6) is 0.994. The van der Waals surface area contributed by atoms with Gasteiger partial charge in [-0.15, -0.1) is 0 Å². The number of carbonyl (C=O) groups is 1. The number of piperidine rings is 1. The molecule has 2 fully saturated rings. The minimum atomic E-state index is 0.0457. The Labute approximate surface area is 104 Å². The van der Waals surface area contributed by atoms with Gasteiger partial charge in [0.05, 0.1) is 12.1 Å². The van der Waals surface area contributed by atoms with Crippen molar-refractivity contribution in [3.63, 3.8) is 0 Å². The van der Waals surface area contributed by atoms with E-state index in [1.54, 1.807) is 7.11 Å². The van der Waals surface area contributed by atoms with Crippen LogP contribution < -0.4 is 5.32 Å². The van der Waals surface area contributed by atoms with E-state index in [0.717, 1.165) is 32.5 Å². The van der Waals surface area contributed by atoms with Crippen molar-refractivity contribution in [2.45, 2.75) is 44.8 Å². The van der Waals surface area contributed by atoms with E-state index in [9.17, 15) is 4.79 Å². The van der Waals surface area contributed by atoms with Gasteiger partial charge in [0.15, 0.2) is 0 Å². The summed E-state index contributed by atoms with van der Waals surface area (Å²) < 4.78 is 5.31. The topological polar surface area (TPSA) is 41.6 Å². The fourth-order valence-electron chi connectivity index (χ4n) is 2.90. The molecule has 3 atom stereocenters. The number of rotatable bonds is 3. The predicted molar refractivity (Wildman–Crippen MR) is 66.8 cm³/mol. The van der Waals surface area contributed by atoms with Crippen molar-refractivity contribution >= 4 is 5.91 Å². The number of ether oxygens (including phenoxy) is 1. The first-order chi connectivity index (χ1) is 8.24. The first-order valence-electron chi connectivity index (χ1n) is 6.79. The first kappa shape index (κ1) is 12.8. The zero-order valence-electron chi connectivity index (χ0n) is 10.9. The van der Waals surface area contributed by atoms with Gasteiger partial charge in [-0.05, 0) is 31.7 Å². The Hall–Kier alpha value is -0.610. The minimum absolute atomic E-state index is 0.0457. The Morgan fingerprint density at radius 3 is 2.94 bits per heavy atom. The normalized spacial score (nSPS) is 34.0. The molecule has 2 rings (SSSR count). The molecule has 1 N–H and O–H groups in total. The lowest BCUT2D eigenvalue weighted by atomic mass is 9.90. The third kappa shape index (κ3) is 2.99. The van der Waals surface area contributed by atoms with Crippen LogP contribution in [0.4, 0.5) is 0 Å². The number of carbonyl (C=O) groups excluding carboxylic acids is 1. The third-order valence-corrected chi connectivity index (χ3v) is 4.18. The summed E-state index contributed by atoms with van der Waals surface area (Å²) in [6.07, 6.45) is 4.62. The van der Waals surface area contributed by atoms with Crippen molar-refractivity contribution in [3.8, 4) is 0 Å². The lowest BCUT2D eigenvalue weighted by Gasteiger charge is -2.31. The van der Waals surface area contributed by atoms with Gasteiger partial charge in [0.1, 0.15) is 0 Å². The Bertz CT molecular complexity index is 270. The molecular weight excluding hydrogens is 216 g/mol. The minimum Gasteiger partial charge on any atom is -0.380 e. The summed E-state index contributed by atoms with van der Waals surface area (Å²) in [6, 6.07) is 0.0457. The third-order valence-electron chi connectivity index (χ3n) is 4.18. The van der Waals surface area contributed by atoms with Crippen LogP contribution in [-0.2, 0) is 9.53 Å². The molecule has 2 aliphatic heterocycles. The van der Waals surface area contributed by atoms with Crippen molar-refractivity contribution in [1.82, 2.24) is 10.2 Å². The largest absolute Gasteiger partial charge is 0.380 e. The second-order valence-corrected chi connectivity index (χ2v) is 5.24. The zero-order valence-corrected chi connectivity index (χ0v) is 10.9. The zero-order chi connectivity index (χ0) is 12.3. The van der Waals surface area contributed by atoms with Crippen LogP contribution in [0.15, 0.2) is 0 Å². The second-order valence-electron chi connectivity index (χ2n) is 5.24. The smallest absolute Gasteiger partial charge is 0.239 e. The van der Waals surface area contributed by atoms with Gasteiger partial charge in [0.2, 0.25) is 5.91 Å². The van der Waals surface area contributed by atoms with Crippen LogP contribution >= 0.6 is 0 Å². The molecule has 0 aliphatic carbocycles. The highest BCUT2D eigenvalue weighted by Crippen LogP contribution is 2.22. The van der Waals surface area contributed by atoms with Gasteiger partial charge in [-0.2, -0.15) is 0 Å². The fraction of sp³-hybridized carbons (Fsp3) is 0.923. The molecule has 0 spiro atoms. The van der Waals surface area contributed by atoms with E-state index < -0.39 is 0 Å². The maximum absolute atomic E-state index is 12.3. The molecule has 4 nitrogen and oxygen atoms in total. The van der Waals surface area contributed by atoms with Crippen LogP contribution in [-0.4, -0.2) is 49.7 Å². The van der Waals surface area contributed by atoms with Gasteiger partial charge in [0.25, 0.3) is 0 Å². The summed E-state index contributed by atoms with van der Waals surface area (Å²) in [5, 5.41) is 3.36. The van der Waals surface area contributed by atoms with E-state index in [2.05, 4.69) is 12.2 Å². The van der Waals surface area contributed by atoms with Crippen molar-refractivity contribution in [2.75, 3.05) is 26.7 Å². The Balaban J connectivity index is 1.87. The maximum atomic E-state index is 12.3. The highest BCUT2D eigenvalue weighted by molar-refractivity contribution is 5.82. The van der Waals surface area contributed by atoms with E-state index in [-0.39, 0.29) is 18.1 Å². The molecule has 2 saturated heterocycles. The Morgan fingerprint density at radius 2 is 2.29 bits per heavy atom. The van der Waals surface area contributed by atoms with Gasteiger partial charge in [-0.3, -0.25) is 4.79 Å². The average Bonchev–Trinajstić information content (AvgIpc) is 2.86. The van der Waals surface area contributed by atoms with Gasteiger partial charge in [0, 0.05) is 20.2 Å². The molecule has 0 aromatic heterocycles. The number of nitrogens with zero attached hydrogens (tertiary/aromatic N) is 1. The molecule has 98 valence electrons. The monoisotopic (exact) mass is 240 g/mol. The number of nitrogens with one attached hydrogen (secondary N) is 1. The van der Waals surface area contributed by atoms with Crippen LogP contribution in [0.3, 0.4) is 0 Å². The maximum Gasteiger partial charge on any atom is 0.239 e. The molecule has 0 bridgehead atoms. The SMILES string of the molecule is CCC1CCNC(C(=O)N2CCC(OC)C2)C1. The lowest BCUT2D eigenvalue weighted by molar-refractivity contribution is -0.133. The van der Waals surface area contributed by atoms with Crippen LogP contribution in [0, 0.1) is 5.92 Å². The molecule has 2 heterocycles. The summed E-state index contributed by atoms with van der Waals surface area (Å²) in [7, 11) is 1.73. The lowest BCUT2D eigenvalue weighted by Crippen LogP contribution is -2.49. The number of hydrogen-bond acceptors (Lipinski definition) is 3. The molecule has 4 heteroatoms.